The van der Waals surface area contributed by atoms with Crippen molar-refractivity contribution in [3.8, 4) is 0 Å². The maximum absolute atomic E-state index is 12.5. The Morgan fingerprint density at radius 1 is 1.40 bits per heavy atom. The molecule has 108 valence electrons. The lowest BCUT2D eigenvalue weighted by Gasteiger charge is -2.28. The van der Waals surface area contributed by atoms with Gasteiger partial charge < -0.3 is 10.0 Å². The van der Waals surface area contributed by atoms with Crippen molar-refractivity contribution in [2.45, 2.75) is 32.2 Å². The van der Waals surface area contributed by atoms with Crippen molar-refractivity contribution in [1.82, 2.24) is 4.90 Å². The minimum Gasteiger partial charge on any atom is -0.481 e. The zero-order chi connectivity index (χ0) is 14.9. The molecular weight excluding hydrogens is 256 g/mol. The fourth-order valence-corrected chi connectivity index (χ4v) is 2.47. The van der Waals surface area contributed by atoms with E-state index in [1.54, 1.807) is 16.8 Å². The number of carboxylic acid groups (broad SMARTS) is 1. The summed E-state index contributed by atoms with van der Waals surface area (Å²) < 4.78 is 0. The molecule has 1 aromatic carbocycles. The molecule has 5 nitrogen and oxygen atoms in total. The molecule has 1 heterocycles. The third-order valence-corrected chi connectivity index (χ3v) is 3.80. The first kappa shape index (κ1) is 14.4. The fraction of sp³-hybridized carbons (Fsp3) is 0.467. The lowest BCUT2D eigenvalue weighted by molar-refractivity contribution is -0.137. The minimum absolute atomic E-state index is 0.0478. The van der Waals surface area contributed by atoms with Gasteiger partial charge in [0.1, 0.15) is 0 Å². The van der Waals surface area contributed by atoms with E-state index in [1.165, 1.54) is 0 Å². The van der Waals surface area contributed by atoms with E-state index in [9.17, 15) is 9.59 Å². The first-order valence-electron chi connectivity index (χ1n) is 6.77. The lowest BCUT2D eigenvalue weighted by Crippen LogP contribution is -2.44. The summed E-state index contributed by atoms with van der Waals surface area (Å²) in [4.78, 5) is 26.8. The summed E-state index contributed by atoms with van der Waals surface area (Å²) in [5.41, 5.74) is 1.77. The number of nitrogens with zero attached hydrogens (tertiary/aromatic N) is 2. The molecule has 0 aliphatic carbocycles. The highest BCUT2D eigenvalue weighted by Crippen LogP contribution is 2.38. The van der Waals surface area contributed by atoms with Crippen molar-refractivity contribution in [2.24, 2.45) is 0 Å². The lowest BCUT2D eigenvalue weighted by atomic mass is 9.98. The van der Waals surface area contributed by atoms with Crippen LogP contribution in [0.5, 0.6) is 0 Å². The van der Waals surface area contributed by atoms with Crippen LogP contribution in [0.15, 0.2) is 24.3 Å². The highest BCUT2D eigenvalue weighted by atomic mass is 16.4. The first-order chi connectivity index (χ1) is 9.41. The maximum Gasteiger partial charge on any atom is 0.324 e. The second-order valence-electron chi connectivity index (χ2n) is 5.45. The van der Waals surface area contributed by atoms with Gasteiger partial charge in [-0.3, -0.25) is 9.69 Å². The van der Waals surface area contributed by atoms with Crippen LogP contribution < -0.4 is 4.90 Å². The Kier molecular flexibility index (Phi) is 3.97. The van der Waals surface area contributed by atoms with Gasteiger partial charge in [-0.1, -0.05) is 18.2 Å². The zero-order valence-corrected chi connectivity index (χ0v) is 12.0. The van der Waals surface area contributed by atoms with Crippen LogP contribution in [0.1, 0.15) is 31.7 Å². The number of fused-ring (bicyclic) bond motifs is 1. The van der Waals surface area contributed by atoms with Crippen LogP contribution in [0.2, 0.25) is 0 Å². The normalized spacial score (nSPS) is 17.2. The molecule has 0 saturated carbocycles. The van der Waals surface area contributed by atoms with Crippen LogP contribution in [-0.2, 0) is 4.79 Å². The molecular formula is C15H20N2O3. The van der Waals surface area contributed by atoms with Gasteiger partial charge in [-0.2, -0.15) is 0 Å². The number of hydrogen-bond acceptors (Lipinski definition) is 2. The number of hydrogen-bond donors (Lipinski definition) is 1. The quantitative estimate of drug-likeness (QED) is 0.922. The number of anilines is 1. The molecule has 20 heavy (non-hydrogen) atoms. The molecule has 1 aliphatic heterocycles. The monoisotopic (exact) mass is 276 g/mol. The van der Waals surface area contributed by atoms with Gasteiger partial charge >= 0.3 is 12.0 Å². The standard InChI is InChI=1S/C15H20N2O3/c1-10(2)16(3)15(20)17-9-11(8-14(18)19)12-6-4-5-7-13(12)17/h4-7,10-11H,8-9H2,1-3H3,(H,18,19). The van der Waals surface area contributed by atoms with E-state index in [4.69, 9.17) is 5.11 Å². The highest BCUT2D eigenvalue weighted by molar-refractivity contribution is 5.95. The Hall–Kier alpha value is -2.04. The summed E-state index contributed by atoms with van der Waals surface area (Å²) >= 11 is 0. The summed E-state index contributed by atoms with van der Waals surface area (Å²) in [6, 6.07) is 7.56. The molecule has 0 aromatic heterocycles. The average Bonchev–Trinajstić information content (AvgIpc) is 2.75. The number of para-hydroxylation sites is 1. The predicted octanol–water partition coefficient (Wildman–Crippen LogP) is 2.53. The largest absolute Gasteiger partial charge is 0.481 e. The SMILES string of the molecule is CC(C)N(C)C(=O)N1CC(CC(=O)O)c2ccccc21. The van der Waals surface area contributed by atoms with Crippen LogP contribution in [0.25, 0.3) is 0 Å². The van der Waals surface area contributed by atoms with E-state index in [1.807, 2.05) is 38.1 Å². The van der Waals surface area contributed by atoms with Gasteiger partial charge in [0.2, 0.25) is 0 Å². The Morgan fingerprint density at radius 3 is 2.65 bits per heavy atom. The number of aliphatic carboxylic acids is 1. The van der Waals surface area contributed by atoms with Crippen molar-refractivity contribution >= 4 is 17.7 Å². The number of carbonyl (C=O) groups excluding carboxylic acids is 1. The van der Waals surface area contributed by atoms with E-state index >= 15 is 0 Å². The molecule has 0 radical (unpaired) electrons. The second-order valence-corrected chi connectivity index (χ2v) is 5.45. The van der Waals surface area contributed by atoms with Gasteiger partial charge in [0.25, 0.3) is 0 Å². The predicted molar refractivity (Wildman–Crippen MR) is 77.1 cm³/mol. The van der Waals surface area contributed by atoms with Crippen LogP contribution >= 0.6 is 0 Å². The Labute approximate surface area is 118 Å². The van der Waals surface area contributed by atoms with Crippen LogP contribution in [0, 0.1) is 0 Å². The number of carbonyl (C=O) groups is 2. The Bertz CT molecular complexity index is 528. The van der Waals surface area contributed by atoms with E-state index < -0.39 is 5.97 Å². The molecule has 0 saturated heterocycles. The first-order valence-corrected chi connectivity index (χ1v) is 6.77. The van der Waals surface area contributed by atoms with Gasteiger partial charge in [0.05, 0.1) is 6.42 Å². The zero-order valence-electron chi connectivity index (χ0n) is 12.0. The third-order valence-electron chi connectivity index (χ3n) is 3.80. The van der Waals surface area contributed by atoms with Crippen molar-refractivity contribution in [3.05, 3.63) is 29.8 Å². The number of urea groups is 1. The van der Waals surface area contributed by atoms with Gasteiger partial charge in [0.15, 0.2) is 0 Å². The molecule has 0 bridgehead atoms. The number of carboxylic acids is 1. The smallest absolute Gasteiger partial charge is 0.324 e. The average molecular weight is 276 g/mol. The minimum atomic E-state index is -0.837. The van der Waals surface area contributed by atoms with E-state index in [0.29, 0.717) is 6.54 Å². The molecule has 1 aromatic rings. The van der Waals surface area contributed by atoms with Crippen LogP contribution in [0.3, 0.4) is 0 Å². The van der Waals surface area contributed by atoms with E-state index in [-0.39, 0.29) is 24.4 Å². The van der Waals surface area contributed by atoms with E-state index in [2.05, 4.69) is 0 Å². The molecule has 1 unspecified atom stereocenters. The molecule has 0 fully saturated rings. The number of amides is 2. The molecule has 1 atom stereocenters. The number of benzene rings is 1. The molecule has 5 heteroatoms. The summed E-state index contributed by atoms with van der Waals surface area (Å²) in [5, 5.41) is 9.01. The van der Waals surface area contributed by atoms with Crippen molar-refractivity contribution < 1.29 is 14.7 Å². The summed E-state index contributed by atoms with van der Waals surface area (Å²) in [6.07, 6.45) is 0.0478. The van der Waals surface area contributed by atoms with E-state index in [0.717, 1.165) is 11.3 Å². The third kappa shape index (κ3) is 2.61. The summed E-state index contributed by atoms with van der Waals surface area (Å²) in [7, 11) is 1.76. The van der Waals surface area contributed by atoms with Crippen molar-refractivity contribution in [1.29, 1.82) is 0 Å². The fourth-order valence-electron chi connectivity index (χ4n) is 2.47. The van der Waals surface area contributed by atoms with Crippen molar-refractivity contribution in [3.63, 3.8) is 0 Å². The van der Waals surface area contributed by atoms with Gasteiger partial charge in [-0.25, -0.2) is 4.79 Å². The van der Waals surface area contributed by atoms with Gasteiger partial charge in [-0.15, -0.1) is 0 Å². The Morgan fingerprint density at radius 2 is 2.05 bits per heavy atom. The van der Waals surface area contributed by atoms with Crippen LogP contribution in [0.4, 0.5) is 10.5 Å². The van der Waals surface area contributed by atoms with Crippen molar-refractivity contribution in [2.75, 3.05) is 18.5 Å². The maximum atomic E-state index is 12.5. The molecule has 2 amide bonds. The molecule has 2 rings (SSSR count). The van der Waals surface area contributed by atoms with Crippen LogP contribution in [-0.4, -0.2) is 41.6 Å². The number of rotatable bonds is 3. The molecule has 1 aliphatic rings. The highest BCUT2D eigenvalue weighted by Gasteiger charge is 2.34. The topological polar surface area (TPSA) is 60.9 Å². The second kappa shape index (κ2) is 5.53. The Balaban J connectivity index is 2.29. The summed E-state index contributed by atoms with van der Waals surface area (Å²) in [5.74, 6) is -0.968. The molecule has 1 N–H and O–H groups in total. The van der Waals surface area contributed by atoms with Gasteiger partial charge in [0, 0.05) is 31.2 Å². The molecule has 0 spiro atoms. The summed E-state index contributed by atoms with van der Waals surface area (Å²) in [6.45, 7) is 4.34. The van der Waals surface area contributed by atoms with Gasteiger partial charge in [-0.05, 0) is 25.5 Å².